The number of alkyl halides is 2. The summed E-state index contributed by atoms with van der Waals surface area (Å²) < 4.78 is 23.4. The molecular weight excluding hydrogens is 519 g/mol. The van der Waals surface area contributed by atoms with Crippen LogP contribution < -0.4 is 0 Å². The minimum atomic E-state index is -2.07. The van der Waals surface area contributed by atoms with E-state index in [2.05, 4.69) is 15.9 Å². The summed E-state index contributed by atoms with van der Waals surface area (Å²) in [6, 6.07) is 0. The molecule has 4 rings (SSSR count). The Labute approximate surface area is 214 Å². The summed E-state index contributed by atoms with van der Waals surface area (Å²) in [5, 5.41) is 21.5. The molecule has 0 aromatic heterocycles. The summed E-state index contributed by atoms with van der Waals surface area (Å²) in [5.41, 5.74) is -5.37. The number of halogens is 2. The van der Waals surface area contributed by atoms with Gasteiger partial charge in [0.1, 0.15) is 6.61 Å². The van der Waals surface area contributed by atoms with Crippen LogP contribution in [0.25, 0.3) is 0 Å². The zero-order valence-electron chi connectivity index (χ0n) is 20.9. The quantitative estimate of drug-likeness (QED) is 0.380. The molecule has 2 N–H and O–H groups in total. The Bertz CT molecular complexity index is 994. The van der Waals surface area contributed by atoms with Crippen molar-refractivity contribution in [2.45, 2.75) is 88.4 Å². The largest absolute Gasteiger partial charge is 0.450 e. The van der Waals surface area contributed by atoms with Gasteiger partial charge in [-0.1, -0.05) is 49.2 Å². The van der Waals surface area contributed by atoms with E-state index < -0.39 is 58.4 Å². The maximum absolute atomic E-state index is 17.4. The number of unbranched alkanes of at least 4 members (excludes halogenated alkanes) is 1. The molecule has 0 heterocycles. The maximum Gasteiger partial charge on any atom is 0.306 e. The summed E-state index contributed by atoms with van der Waals surface area (Å²) in [6.07, 6.45) is 5.13. The van der Waals surface area contributed by atoms with Crippen molar-refractivity contribution in [1.82, 2.24) is 0 Å². The average molecular weight is 555 g/mol. The van der Waals surface area contributed by atoms with Gasteiger partial charge >= 0.3 is 5.97 Å². The van der Waals surface area contributed by atoms with Crippen LogP contribution in [0.15, 0.2) is 23.8 Å². The Morgan fingerprint density at radius 1 is 1.26 bits per heavy atom. The molecule has 0 aromatic carbocycles. The first kappa shape index (κ1) is 26.7. The van der Waals surface area contributed by atoms with Crippen LogP contribution in [0.4, 0.5) is 4.39 Å². The van der Waals surface area contributed by atoms with Crippen molar-refractivity contribution < 1.29 is 33.7 Å². The van der Waals surface area contributed by atoms with E-state index in [1.807, 2.05) is 20.8 Å². The van der Waals surface area contributed by atoms with Gasteiger partial charge in [-0.25, -0.2) is 4.39 Å². The van der Waals surface area contributed by atoms with Crippen LogP contribution in [-0.2, 0) is 19.1 Å². The number of hydrogen-bond acceptors (Lipinski definition) is 6. The van der Waals surface area contributed by atoms with Crippen LogP contribution in [0.2, 0.25) is 0 Å². The highest BCUT2D eigenvalue weighted by Gasteiger charge is 2.77. The first-order chi connectivity index (χ1) is 16.3. The molecule has 0 spiro atoms. The minimum absolute atomic E-state index is 0.0978. The molecule has 0 aromatic rings. The van der Waals surface area contributed by atoms with Gasteiger partial charge in [-0.15, -0.1) is 0 Å². The van der Waals surface area contributed by atoms with E-state index in [1.165, 1.54) is 12.2 Å². The number of fused-ring (bicyclic) bond motifs is 5. The third-order valence-electron chi connectivity index (χ3n) is 9.74. The Hall–Kier alpha value is -1.38. The lowest BCUT2D eigenvalue weighted by molar-refractivity contribution is -0.228. The van der Waals surface area contributed by atoms with Crippen molar-refractivity contribution in [2.75, 3.05) is 6.61 Å². The summed E-state index contributed by atoms with van der Waals surface area (Å²) in [7, 11) is 0. The highest BCUT2D eigenvalue weighted by atomic mass is 79.9. The number of hydrogen-bond donors (Lipinski definition) is 2. The zero-order chi connectivity index (χ0) is 26.0. The van der Waals surface area contributed by atoms with Gasteiger partial charge in [0.05, 0.1) is 6.10 Å². The third-order valence-corrected chi connectivity index (χ3v) is 10.6. The van der Waals surface area contributed by atoms with Gasteiger partial charge in [-0.3, -0.25) is 14.4 Å². The topological polar surface area (TPSA) is 101 Å². The minimum Gasteiger partial charge on any atom is -0.450 e. The van der Waals surface area contributed by atoms with Crippen LogP contribution in [0.5, 0.6) is 0 Å². The standard InChI is InChI=1S/C27H36BrFO6/c1-5-6-7-23(34)35-27(22(33)14-30)15(2)10-17-18-12-20(28)19-11-16(31)8-9-24(19,3)26(18,29)21(32)13-25(17,27)4/h8-9,11,15,17-18,20-21,30,32H,5-7,10,12-14H2,1-4H3/t15-,17-,18-,20+,21-,24-,25-,26-,27-/m0/s1. The average Bonchev–Trinajstić information content (AvgIpc) is 3.02. The van der Waals surface area contributed by atoms with Crippen molar-refractivity contribution in [2.24, 2.45) is 28.6 Å². The highest BCUT2D eigenvalue weighted by Crippen LogP contribution is 2.71. The zero-order valence-corrected chi connectivity index (χ0v) is 22.4. The van der Waals surface area contributed by atoms with Gasteiger partial charge in [0, 0.05) is 33.9 Å². The van der Waals surface area contributed by atoms with Gasteiger partial charge in [0.2, 0.25) is 5.78 Å². The SMILES string of the molecule is CCCCC(=O)O[C@]1(C(=O)CO)[C@@H](C)C[C@H]2[C@@H]3C[C@@H](Br)C4=CC(=O)C=C[C@]4(C)[C@@]3(F)[C@@H](O)C[C@@]21C. The number of rotatable bonds is 6. The van der Waals surface area contributed by atoms with Crippen molar-refractivity contribution in [1.29, 1.82) is 0 Å². The van der Waals surface area contributed by atoms with Crippen LogP contribution in [-0.4, -0.2) is 56.6 Å². The predicted octanol–water partition coefficient (Wildman–Crippen LogP) is 4.01. The summed E-state index contributed by atoms with van der Waals surface area (Å²) in [5.74, 6) is -2.82. The maximum atomic E-state index is 17.4. The number of carbonyl (C=O) groups excluding carboxylic acids is 3. The molecule has 0 bridgehead atoms. The molecule has 0 unspecified atom stereocenters. The lowest BCUT2D eigenvalue weighted by Gasteiger charge is -2.63. The van der Waals surface area contributed by atoms with Crippen LogP contribution in [0.3, 0.4) is 0 Å². The second-order valence-corrected chi connectivity index (χ2v) is 12.5. The number of allylic oxidation sites excluding steroid dienone is 4. The Morgan fingerprint density at radius 2 is 1.94 bits per heavy atom. The number of Topliss-reactive ketones (excluding diaryl/α,β-unsaturated/α-hetero) is 1. The van der Waals surface area contributed by atoms with E-state index in [0.717, 1.165) is 6.42 Å². The van der Waals surface area contributed by atoms with Gasteiger partial charge in [-0.05, 0) is 56.3 Å². The van der Waals surface area contributed by atoms with Gasteiger partial charge in [-0.2, -0.15) is 0 Å². The van der Waals surface area contributed by atoms with E-state index in [4.69, 9.17) is 4.74 Å². The van der Waals surface area contributed by atoms with Crippen LogP contribution in [0, 0.1) is 28.6 Å². The second-order valence-electron chi connectivity index (χ2n) is 11.4. The van der Waals surface area contributed by atoms with E-state index in [9.17, 15) is 24.6 Å². The molecule has 194 valence electrons. The Balaban J connectivity index is 1.83. The number of esters is 1. The van der Waals surface area contributed by atoms with Crippen molar-refractivity contribution in [3.63, 3.8) is 0 Å². The molecule has 0 amide bonds. The molecule has 0 saturated heterocycles. The van der Waals surface area contributed by atoms with Gasteiger partial charge in [0.15, 0.2) is 17.1 Å². The fraction of sp³-hybridized carbons (Fsp3) is 0.741. The number of ether oxygens (including phenoxy) is 1. The molecular formula is C27H36BrFO6. The van der Waals surface area contributed by atoms with E-state index >= 15 is 4.39 Å². The van der Waals surface area contributed by atoms with Crippen LogP contribution >= 0.6 is 15.9 Å². The Kier molecular flexibility index (Phi) is 6.76. The molecule has 9 atom stereocenters. The van der Waals surface area contributed by atoms with E-state index in [-0.39, 0.29) is 29.4 Å². The Morgan fingerprint density at radius 3 is 2.57 bits per heavy atom. The normalized spacial score (nSPS) is 46.3. The monoisotopic (exact) mass is 554 g/mol. The van der Waals surface area contributed by atoms with Gasteiger partial charge in [0.25, 0.3) is 0 Å². The number of aliphatic hydroxyl groups excluding tert-OH is 2. The van der Waals surface area contributed by atoms with E-state index in [0.29, 0.717) is 24.8 Å². The molecule has 3 saturated carbocycles. The summed E-state index contributed by atoms with van der Waals surface area (Å²) in [4.78, 5) is 38.1. The predicted molar refractivity (Wildman–Crippen MR) is 131 cm³/mol. The number of ketones is 2. The summed E-state index contributed by atoms with van der Waals surface area (Å²) in [6.45, 7) is 6.50. The molecule has 0 radical (unpaired) electrons. The number of aliphatic hydroxyl groups is 2. The van der Waals surface area contributed by atoms with Crippen molar-refractivity contribution in [3.8, 4) is 0 Å². The van der Waals surface area contributed by atoms with Crippen molar-refractivity contribution in [3.05, 3.63) is 23.8 Å². The first-order valence-corrected chi connectivity index (χ1v) is 13.6. The fourth-order valence-electron chi connectivity index (χ4n) is 8.06. The van der Waals surface area contributed by atoms with Crippen LogP contribution in [0.1, 0.15) is 66.2 Å². The lowest BCUT2D eigenvalue weighted by atomic mass is 9.44. The molecule has 8 heteroatoms. The molecule has 3 fully saturated rings. The molecule has 4 aliphatic rings. The fourth-order valence-corrected chi connectivity index (χ4v) is 9.07. The second kappa shape index (κ2) is 8.88. The third kappa shape index (κ3) is 3.42. The molecule has 35 heavy (non-hydrogen) atoms. The first-order valence-electron chi connectivity index (χ1n) is 12.7. The number of carbonyl (C=O) groups is 3. The van der Waals surface area contributed by atoms with Gasteiger partial charge < -0.3 is 14.9 Å². The van der Waals surface area contributed by atoms with Crippen molar-refractivity contribution >= 4 is 33.5 Å². The highest BCUT2D eigenvalue weighted by molar-refractivity contribution is 9.09. The van der Waals surface area contributed by atoms with E-state index in [1.54, 1.807) is 13.0 Å². The molecule has 4 aliphatic carbocycles. The molecule has 6 nitrogen and oxygen atoms in total. The molecule has 0 aliphatic heterocycles. The smallest absolute Gasteiger partial charge is 0.306 e. The summed E-state index contributed by atoms with van der Waals surface area (Å²) >= 11 is 3.67. The lowest BCUT2D eigenvalue weighted by Crippen LogP contribution is -2.71.